The van der Waals surface area contributed by atoms with Gasteiger partial charge in [-0.1, -0.05) is 62.4 Å². The molecule has 7 heteroatoms. The third-order valence-electron chi connectivity index (χ3n) is 7.19. The molecular weight excluding hydrogens is 452 g/mol. The van der Waals surface area contributed by atoms with Crippen molar-refractivity contribution in [2.24, 2.45) is 11.8 Å². The highest BCUT2D eigenvalue weighted by atomic mass is 16.2. The van der Waals surface area contributed by atoms with Crippen LogP contribution in [0.2, 0.25) is 0 Å². The van der Waals surface area contributed by atoms with Gasteiger partial charge in [-0.3, -0.25) is 19.3 Å². The highest BCUT2D eigenvalue weighted by Crippen LogP contribution is 2.21. The normalized spacial score (nSPS) is 21.6. The molecule has 0 aliphatic carbocycles. The van der Waals surface area contributed by atoms with Crippen LogP contribution in [0, 0.1) is 11.8 Å². The molecule has 1 N–H and O–H groups in total. The van der Waals surface area contributed by atoms with Crippen LogP contribution in [-0.2, 0) is 16.0 Å². The number of benzene rings is 2. The van der Waals surface area contributed by atoms with Gasteiger partial charge in [-0.25, -0.2) is 0 Å². The van der Waals surface area contributed by atoms with Gasteiger partial charge in [-0.05, 0) is 36.0 Å². The molecule has 0 bridgehead atoms. The van der Waals surface area contributed by atoms with E-state index in [0.717, 1.165) is 18.7 Å². The number of carbonyl (C=O) groups excluding carboxylic acids is 3. The molecule has 2 aromatic rings. The minimum absolute atomic E-state index is 0.0761. The van der Waals surface area contributed by atoms with Crippen LogP contribution in [0.25, 0.3) is 0 Å². The van der Waals surface area contributed by atoms with Crippen molar-refractivity contribution in [1.82, 2.24) is 20.0 Å². The zero-order valence-electron chi connectivity index (χ0n) is 21.4. The molecule has 4 rings (SSSR count). The minimum Gasteiger partial charge on any atom is -0.341 e. The van der Waals surface area contributed by atoms with Gasteiger partial charge in [0, 0.05) is 51.3 Å². The van der Waals surface area contributed by atoms with Crippen molar-refractivity contribution in [1.29, 1.82) is 0 Å². The second kappa shape index (κ2) is 12.2. The van der Waals surface area contributed by atoms with Gasteiger partial charge in [0.05, 0.1) is 6.54 Å². The van der Waals surface area contributed by atoms with E-state index in [2.05, 4.69) is 24.1 Å². The summed E-state index contributed by atoms with van der Waals surface area (Å²) in [7, 11) is 0. The van der Waals surface area contributed by atoms with Crippen LogP contribution in [-0.4, -0.2) is 84.3 Å². The lowest BCUT2D eigenvalue weighted by Gasteiger charge is -2.39. The van der Waals surface area contributed by atoms with Crippen LogP contribution in [0.15, 0.2) is 60.7 Å². The van der Waals surface area contributed by atoms with Gasteiger partial charge in [0.25, 0.3) is 5.91 Å². The first-order chi connectivity index (χ1) is 17.4. The maximum Gasteiger partial charge on any atom is 0.251 e. The molecule has 0 saturated carbocycles. The van der Waals surface area contributed by atoms with Crippen molar-refractivity contribution < 1.29 is 14.4 Å². The van der Waals surface area contributed by atoms with Crippen LogP contribution in [0.4, 0.5) is 0 Å². The zero-order chi connectivity index (χ0) is 25.5. The molecule has 192 valence electrons. The van der Waals surface area contributed by atoms with E-state index in [9.17, 15) is 14.4 Å². The van der Waals surface area contributed by atoms with Crippen molar-refractivity contribution in [3.63, 3.8) is 0 Å². The van der Waals surface area contributed by atoms with Gasteiger partial charge in [0.2, 0.25) is 11.8 Å². The number of carbonyl (C=O) groups is 3. The van der Waals surface area contributed by atoms with Crippen molar-refractivity contribution >= 4 is 17.7 Å². The maximum atomic E-state index is 13.5. The van der Waals surface area contributed by atoms with E-state index >= 15 is 0 Å². The van der Waals surface area contributed by atoms with Crippen LogP contribution in [0.1, 0.15) is 36.2 Å². The summed E-state index contributed by atoms with van der Waals surface area (Å²) >= 11 is 0. The summed E-state index contributed by atoms with van der Waals surface area (Å²) in [6, 6.07) is 18.1. The topological polar surface area (TPSA) is 73.0 Å². The molecule has 2 heterocycles. The molecule has 7 nitrogen and oxygen atoms in total. The summed E-state index contributed by atoms with van der Waals surface area (Å²) in [4.78, 5) is 45.3. The molecule has 2 saturated heterocycles. The molecule has 0 spiro atoms. The van der Waals surface area contributed by atoms with E-state index in [4.69, 9.17) is 0 Å². The van der Waals surface area contributed by atoms with Gasteiger partial charge in [-0.15, -0.1) is 0 Å². The molecule has 2 aromatic carbocycles. The van der Waals surface area contributed by atoms with E-state index in [1.54, 1.807) is 12.1 Å². The average molecular weight is 491 g/mol. The van der Waals surface area contributed by atoms with E-state index in [-0.39, 0.29) is 17.7 Å². The van der Waals surface area contributed by atoms with Gasteiger partial charge in [0.15, 0.2) is 0 Å². The predicted octanol–water partition coefficient (Wildman–Crippen LogP) is 2.68. The molecule has 3 amide bonds. The Balaban J connectivity index is 1.35. The summed E-state index contributed by atoms with van der Waals surface area (Å²) in [5.74, 6) is 0.941. The fourth-order valence-electron chi connectivity index (χ4n) is 5.39. The van der Waals surface area contributed by atoms with E-state index in [1.807, 2.05) is 58.3 Å². The van der Waals surface area contributed by atoms with E-state index < -0.39 is 6.04 Å². The lowest BCUT2D eigenvalue weighted by molar-refractivity contribution is -0.137. The number of hydrogen-bond acceptors (Lipinski definition) is 4. The third kappa shape index (κ3) is 6.94. The molecule has 0 radical (unpaired) electrons. The monoisotopic (exact) mass is 490 g/mol. The molecule has 2 fully saturated rings. The summed E-state index contributed by atoms with van der Waals surface area (Å²) < 4.78 is 0. The summed E-state index contributed by atoms with van der Waals surface area (Å²) in [5.41, 5.74) is 1.53. The largest absolute Gasteiger partial charge is 0.341 e. The Labute approximate surface area is 214 Å². The van der Waals surface area contributed by atoms with Crippen LogP contribution in [0.5, 0.6) is 0 Å². The fourth-order valence-corrected chi connectivity index (χ4v) is 5.39. The Hall–Kier alpha value is -3.19. The molecule has 3 atom stereocenters. The highest BCUT2D eigenvalue weighted by molar-refractivity contribution is 5.97. The predicted molar refractivity (Wildman–Crippen MR) is 140 cm³/mol. The van der Waals surface area contributed by atoms with Crippen LogP contribution < -0.4 is 5.32 Å². The van der Waals surface area contributed by atoms with Crippen molar-refractivity contribution in [3.05, 3.63) is 71.8 Å². The maximum absolute atomic E-state index is 13.5. The average Bonchev–Trinajstić information content (AvgIpc) is 2.89. The highest BCUT2D eigenvalue weighted by Gasteiger charge is 2.31. The first-order valence-corrected chi connectivity index (χ1v) is 13.1. The Bertz CT molecular complexity index is 1010. The quantitative estimate of drug-likeness (QED) is 0.648. The van der Waals surface area contributed by atoms with Crippen molar-refractivity contribution in [3.8, 4) is 0 Å². The molecule has 0 aromatic heterocycles. The lowest BCUT2D eigenvalue weighted by Crippen LogP contribution is -2.57. The van der Waals surface area contributed by atoms with Crippen molar-refractivity contribution in [2.45, 2.75) is 32.7 Å². The summed E-state index contributed by atoms with van der Waals surface area (Å²) in [5, 5.41) is 2.97. The molecule has 2 aliphatic heterocycles. The molecule has 36 heavy (non-hydrogen) atoms. The smallest absolute Gasteiger partial charge is 0.251 e. The number of piperazine rings is 1. The van der Waals surface area contributed by atoms with Gasteiger partial charge >= 0.3 is 0 Å². The Morgan fingerprint density at radius 1 is 0.833 bits per heavy atom. The lowest BCUT2D eigenvalue weighted by atomic mass is 9.92. The van der Waals surface area contributed by atoms with Gasteiger partial charge in [0.1, 0.15) is 6.04 Å². The second-order valence-corrected chi connectivity index (χ2v) is 10.4. The van der Waals surface area contributed by atoms with Crippen molar-refractivity contribution in [2.75, 3.05) is 45.8 Å². The number of piperidine rings is 1. The number of amides is 3. The fraction of sp³-hybridized carbons (Fsp3) is 0.483. The van der Waals surface area contributed by atoms with Gasteiger partial charge in [-0.2, -0.15) is 0 Å². The number of hydrogen-bond donors (Lipinski definition) is 1. The standard InChI is InChI=1S/C29H38N4O3/c1-22-17-23(2)20-33(19-22)27(34)21-31-13-15-32(16-14-31)29(36)26(18-24-9-5-3-6-10-24)30-28(35)25-11-7-4-8-12-25/h3-12,22-23,26H,13-21H2,1-2H3,(H,30,35)/t22-,23-,26+/m1/s1. The Morgan fingerprint density at radius 3 is 2.03 bits per heavy atom. The zero-order valence-corrected chi connectivity index (χ0v) is 21.4. The first-order valence-electron chi connectivity index (χ1n) is 13.1. The van der Waals surface area contributed by atoms with E-state index in [0.29, 0.717) is 56.5 Å². The number of rotatable bonds is 7. The number of nitrogens with one attached hydrogen (secondary N) is 1. The van der Waals surface area contributed by atoms with Gasteiger partial charge < -0.3 is 15.1 Å². The third-order valence-corrected chi connectivity index (χ3v) is 7.19. The Morgan fingerprint density at radius 2 is 1.42 bits per heavy atom. The Kier molecular flexibility index (Phi) is 8.75. The van der Waals surface area contributed by atoms with E-state index in [1.165, 1.54) is 6.42 Å². The first kappa shape index (κ1) is 25.9. The molecular formula is C29H38N4O3. The minimum atomic E-state index is -0.649. The van der Waals surface area contributed by atoms with Crippen LogP contribution >= 0.6 is 0 Å². The number of likely N-dealkylation sites (tertiary alicyclic amines) is 1. The SMILES string of the molecule is C[C@@H]1C[C@@H](C)CN(C(=O)CN2CCN(C(=O)[C@H](Cc3ccccc3)NC(=O)c3ccccc3)CC2)C1. The van der Waals surface area contributed by atoms with Crippen LogP contribution in [0.3, 0.4) is 0 Å². The summed E-state index contributed by atoms with van der Waals surface area (Å²) in [6.45, 7) is 8.90. The second-order valence-electron chi connectivity index (χ2n) is 10.4. The molecule has 2 aliphatic rings. The molecule has 0 unspecified atom stereocenters. The number of nitrogens with zero attached hydrogens (tertiary/aromatic N) is 3. The summed E-state index contributed by atoms with van der Waals surface area (Å²) in [6.07, 6.45) is 1.61.